The van der Waals surface area contributed by atoms with Crippen LogP contribution in [0.2, 0.25) is 0 Å². The molecule has 0 bridgehead atoms. The third-order valence-corrected chi connectivity index (χ3v) is 5.61. The summed E-state index contributed by atoms with van der Waals surface area (Å²) in [6.07, 6.45) is 3.82. The molecule has 2 atom stereocenters. The number of fused-ring (bicyclic) bond motifs is 1. The van der Waals surface area contributed by atoms with Crippen LogP contribution in [0.4, 0.5) is 0 Å². The number of nitrogens with zero attached hydrogens (tertiary/aromatic N) is 5. The first-order valence-electron chi connectivity index (χ1n) is 8.49. The summed E-state index contributed by atoms with van der Waals surface area (Å²) in [6, 6.07) is 5.03. The summed E-state index contributed by atoms with van der Waals surface area (Å²) in [5.41, 5.74) is 0.216. The normalized spacial score (nSPS) is 24.5. The van der Waals surface area contributed by atoms with Crippen molar-refractivity contribution in [2.75, 3.05) is 20.2 Å². The number of carbonyl (C=O) groups excluding carboxylic acids is 1. The van der Waals surface area contributed by atoms with E-state index in [1.165, 1.54) is 18.1 Å². The van der Waals surface area contributed by atoms with E-state index in [4.69, 9.17) is 4.74 Å². The molecule has 2 aliphatic rings. The van der Waals surface area contributed by atoms with Crippen LogP contribution in [0.25, 0.3) is 5.69 Å². The molecule has 1 amide bonds. The molecule has 1 aromatic heterocycles. The second-order valence-electron chi connectivity index (χ2n) is 6.88. The van der Waals surface area contributed by atoms with Crippen molar-refractivity contribution in [2.45, 2.75) is 19.3 Å². The number of hydrogen-bond acceptors (Lipinski definition) is 6. The maximum Gasteiger partial charge on any atom is 0.311 e. The van der Waals surface area contributed by atoms with E-state index < -0.39 is 11.4 Å². The van der Waals surface area contributed by atoms with Crippen LogP contribution in [0.1, 0.15) is 29.6 Å². The first kappa shape index (κ1) is 16.5. The second kappa shape index (κ2) is 6.08. The van der Waals surface area contributed by atoms with Crippen molar-refractivity contribution >= 4 is 11.9 Å². The lowest BCUT2D eigenvalue weighted by Crippen LogP contribution is -2.37. The highest BCUT2D eigenvalue weighted by Crippen LogP contribution is 2.49. The van der Waals surface area contributed by atoms with E-state index in [0.29, 0.717) is 30.0 Å². The summed E-state index contributed by atoms with van der Waals surface area (Å²) in [6.45, 7) is 0.745. The molecule has 2 aromatic rings. The Morgan fingerprint density at radius 2 is 2.23 bits per heavy atom. The Morgan fingerprint density at radius 1 is 1.38 bits per heavy atom. The van der Waals surface area contributed by atoms with E-state index in [1.54, 1.807) is 23.1 Å². The largest absolute Gasteiger partial charge is 0.494 e. The maximum atomic E-state index is 13.0. The van der Waals surface area contributed by atoms with Crippen molar-refractivity contribution in [1.82, 2.24) is 25.1 Å². The molecule has 1 N–H and O–H groups in total. The lowest BCUT2D eigenvalue weighted by atomic mass is 9.81. The zero-order valence-electron chi connectivity index (χ0n) is 14.3. The van der Waals surface area contributed by atoms with Gasteiger partial charge in [0.25, 0.3) is 5.91 Å². The van der Waals surface area contributed by atoms with E-state index in [2.05, 4.69) is 15.5 Å². The molecule has 2 fully saturated rings. The molecule has 26 heavy (non-hydrogen) atoms. The molecule has 1 aliphatic heterocycles. The predicted molar refractivity (Wildman–Crippen MR) is 89.0 cm³/mol. The number of likely N-dealkylation sites (tertiary alicyclic amines) is 1. The second-order valence-corrected chi connectivity index (χ2v) is 6.88. The third-order valence-electron chi connectivity index (χ3n) is 5.61. The Kier molecular flexibility index (Phi) is 3.86. The van der Waals surface area contributed by atoms with Gasteiger partial charge in [-0.3, -0.25) is 9.59 Å². The summed E-state index contributed by atoms with van der Waals surface area (Å²) >= 11 is 0. The SMILES string of the molecule is COc1ccc(C(=O)N2C[C@@H]3CCC[C@@]3(C(=O)O)C2)cc1-n1cnnn1. The van der Waals surface area contributed by atoms with Gasteiger partial charge in [0, 0.05) is 18.7 Å². The van der Waals surface area contributed by atoms with Gasteiger partial charge >= 0.3 is 5.97 Å². The number of carbonyl (C=O) groups is 2. The van der Waals surface area contributed by atoms with Crippen LogP contribution >= 0.6 is 0 Å². The number of carboxylic acid groups (broad SMARTS) is 1. The van der Waals surface area contributed by atoms with Crippen LogP contribution in [-0.4, -0.2) is 62.3 Å². The zero-order valence-corrected chi connectivity index (χ0v) is 14.3. The van der Waals surface area contributed by atoms with Crippen LogP contribution in [0, 0.1) is 11.3 Å². The number of aromatic nitrogens is 4. The highest BCUT2D eigenvalue weighted by Gasteiger charge is 2.55. The minimum Gasteiger partial charge on any atom is -0.494 e. The van der Waals surface area contributed by atoms with Gasteiger partial charge in [0.15, 0.2) is 0 Å². The van der Waals surface area contributed by atoms with Crippen LogP contribution in [-0.2, 0) is 4.79 Å². The van der Waals surface area contributed by atoms with E-state index in [9.17, 15) is 14.7 Å². The fourth-order valence-corrected chi connectivity index (χ4v) is 4.25. The maximum absolute atomic E-state index is 13.0. The molecule has 0 unspecified atom stereocenters. The Balaban J connectivity index is 1.64. The van der Waals surface area contributed by atoms with Crippen molar-refractivity contribution in [2.24, 2.45) is 11.3 Å². The number of rotatable bonds is 4. The van der Waals surface area contributed by atoms with Gasteiger partial charge in [0.2, 0.25) is 0 Å². The monoisotopic (exact) mass is 357 g/mol. The third kappa shape index (κ3) is 2.42. The molecule has 1 aromatic carbocycles. The van der Waals surface area contributed by atoms with E-state index in [1.807, 2.05) is 0 Å². The topological polar surface area (TPSA) is 110 Å². The summed E-state index contributed by atoms with van der Waals surface area (Å²) in [5, 5.41) is 20.8. The van der Waals surface area contributed by atoms with Crippen molar-refractivity contribution in [3.8, 4) is 11.4 Å². The van der Waals surface area contributed by atoms with Gasteiger partial charge in [0.1, 0.15) is 17.8 Å². The molecule has 1 saturated carbocycles. The average molecular weight is 357 g/mol. The van der Waals surface area contributed by atoms with E-state index in [0.717, 1.165) is 12.8 Å². The van der Waals surface area contributed by atoms with Crippen LogP contribution in [0.3, 0.4) is 0 Å². The van der Waals surface area contributed by atoms with E-state index in [-0.39, 0.29) is 18.4 Å². The minimum absolute atomic E-state index is 0.0289. The predicted octanol–water partition coefficient (Wildman–Crippen LogP) is 0.998. The smallest absolute Gasteiger partial charge is 0.311 e. The first-order chi connectivity index (χ1) is 12.5. The fourth-order valence-electron chi connectivity index (χ4n) is 4.25. The molecular formula is C17H19N5O4. The molecule has 9 nitrogen and oxygen atoms in total. The number of methoxy groups -OCH3 is 1. The van der Waals surface area contributed by atoms with Gasteiger partial charge in [-0.25, -0.2) is 0 Å². The Hall–Kier alpha value is -2.97. The number of amides is 1. The number of ether oxygens (including phenoxy) is 1. The van der Waals surface area contributed by atoms with Gasteiger partial charge in [-0.1, -0.05) is 6.42 Å². The molecule has 9 heteroatoms. The standard InChI is InChI=1S/C17H19N5O4/c1-26-14-5-4-11(7-13(14)22-10-18-19-20-22)15(23)21-8-12-3-2-6-17(12,9-21)16(24)25/h4-5,7,10,12H,2-3,6,8-9H2,1H3,(H,24,25)/t12-,17+/m0/s1. The van der Waals surface area contributed by atoms with Crippen molar-refractivity contribution in [1.29, 1.82) is 0 Å². The highest BCUT2D eigenvalue weighted by atomic mass is 16.5. The fraction of sp³-hybridized carbons (Fsp3) is 0.471. The summed E-state index contributed by atoms with van der Waals surface area (Å²) < 4.78 is 6.74. The molecule has 136 valence electrons. The summed E-state index contributed by atoms with van der Waals surface area (Å²) in [7, 11) is 1.53. The van der Waals surface area contributed by atoms with Gasteiger partial charge < -0.3 is 14.7 Å². The Labute approximate surface area is 149 Å². The lowest BCUT2D eigenvalue weighted by molar-refractivity contribution is -0.149. The molecule has 1 aliphatic carbocycles. The number of carboxylic acids is 1. The van der Waals surface area contributed by atoms with Crippen LogP contribution < -0.4 is 4.74 Å². The summed E-state index contributed by atoms with van der Waals surface area (Å²) in [5.74, 6) is -0.410. The van der Waals surface area contributed by atoms with Gasteiger partial charge in [-0.15, -0.1) is 5.10 Å². The first-order valence-corrected chi connectivity index (χ1v) is 8.49. The van der Waals surface area contributed by atoms with Gasteiger partial charge in [0.05, 0.1) is 12.5 Å². The van der Waals surface area contributed by atoms with Crippen LogP contribution in [0.15, 0.2) is 24.5 Å². The molecule has 0 radical (unpaired) electrons. The number of aliphatic carboxylic acids is 1. The molecular weight excluding hydrogens is 338 g/mol. The van der Waals surface area contributed by atoms with Crippen molar-refractivity contribution < 1.29 is 19.4 Å². The van der Waals surface area contributed by atoms with E-state index >= 15 is 0 Å². The molecule has 2 heterocycles. The zero-order chi connectivity index (χ0) is 18.3. The molecule has 0 spiro atoms. The number of benzene rings is 1. The van der Waals surface area contributed by atoms with Gasteiger partial charge in [-0.05, 0) is 47.4 Å². The molecule has 4 rings (SSSR count). The van der Waals surface area contributed by atoms with Crippen LogP contribution in [0.5, 0.6) is 5.75 Å². The quantitative estimate of drug-likeness (QED) is 0.869. The summed E-state index contributed by atoms with van der Waals surface area (Å²) in [4.78, 5) is 26.5. The average Bonchev–Trinajstić information content (AvgIpc) is 3.35. The highest BCUT2D eigenvalue weighted by molar-refractivity contribution is 5.96. The molecule has 1 saturated heterocycles. The lowest BCUT2D eigenvalue weighted by Gasteiger charge is -2.23. The minimum atomic E-state index is -0.792. The van der Waals surface area contributed by atoms with Gasteiger partial charge in [-0.2, -0.15) is 4.68 Å². The number of tetrazole rings is 1. The Bertz CT molecular complexity index is 853. The Morgan fingerprint density at radius 3 is 2.88 bits per heavy atom. The van der Waals surface area contributed by atoms with Crippen molar-refractivity contribution in [3.63, 3.8) is 0 Å². The van der Waals surface area contributed by atoms with Crippen molar-refractivity contribution in [3.05, 3.63) is 30.1 Å². The number of hydrogen-bond donors (Lipinski definition) is 1.